The van der Waals surface area contributed by atoms with Gasteiger partial charge in [-0.15, -0.1) is 10.2 Å². The van der Waals surface area contributed by atoms with Crippen molar-refractivity contribution in [2.45, 2.75) is 31.6 Å². The Kier molecular flexibility index (Phi) is 5.13. The topological polar surface area (TPSA) is 35.0 Å². The lowest BCUT2D eigenvalue weighted by Crippen LogP contribution is -2.00. The second kappa shape index (κ2) is 6.91. The van der Waals surface area contributed by atoms with Crippen LogP contribution in [-0.2, 0) is 0 Å². The minimum absolute atomic E-state index is 0.345. The molecule has 7 heteroatoms. The zero-order valence-electron chi connectivity index (χ0n) is 11.5. The maximum Gasteiger partial charge on any atom is 0.239 e. The van der Waals surface area contributed by atoms with Crippen molar-refractivity contribution >= 4 is 50.7 Å². The van der Waals surface area contributed by atoms with E-state index in [1.54, 1.807) is 12.1 Å². The molecule has 0 saturated heterocycles. The minimum atomic E-state index is 0.345. The van der Waals surface area contributed by atoms with Gasteiger partial charge in [-0.25, -0.2) is 0 Å². The molecule has 3 nitrogen and oxygen atoms in total. The van der Waals surface area contributed by atoms with Gasteiger partial charge in [0.15, 0.2) is 10.9 Å². The largest absolute Gasteiger partial charge is 0.434 e. The van der Waals surface area contributed by atoms with Crippen LogP contribution in [0.25, 0.3) is 0 Å². The van der Waals surface area contributed by atoms with Crippen molar-refractivity contribution in [2.24, 2.45) is 0 Å². The number of aromatic nitrogens is 2. The van der Waals surface area contributed by atoms with Crippen molar-refractivity contribution in [3.63, 3.8) is 0 Å². The first-order chi connectivity index (χ1) is 10.5. The molecular weight excluding hydrogens is 410 g/mol. The van der Waals surface area contributed by atoms with E-state index in [1.165, 1.54) is 12.8 Å². The summed E-state index contributed by atoms with van der Waals surface area (Å²) in [6.45, 7) is 0. The summed E-state index contributed by atoms with van der Waals surface area (Å²) in [5, 5.41) is 9.21. The first-order valence-electron chi connectivity index (χ1n) is 6.90. The highest BCUT2D eigenvalue weighted by molar-refractivity contribution is 9.10. The standard InChI is InChI=1S/C15H12BrCl3N2O/c16-9-5-11(17)14(12(18)6-9)22-13-7-10(15(19)21-20-13)8-3-1-2-4-8/h5-8H,1-4H2. The van der Waals surface area contributed by atoms with Crippen LogP contribution in [0.1, 0.15) is 37.2 Å². The molecule has 0 aliphatic heterocycles. The summed E-state index contributed by atoms with van der Waals surface area (Å²) >= 11 is 21.8. The molecule has 1 aromatic heterocycles. The Morgan fingerprint density at radius 2 is 1.64 bits per heavy atom. The molecule has 1 heterocycles. The van der Waals surface area contributed by atoms with E-state index in [-0.39, 0.29) is 0 Å². The third-order valence-electron chi connectivity index (χ3n) is 3.72. The van der Waals surface area contributed by atoms with Crippen molar-refractivity contribution in [1.82, 2.24) is 10.2 Å². The van der Waals surface area contributed by atoms with Crippen molar-refractivity contribution in [1.29, 1.82) is 0 Å². The molecule has 22 heavy (non-hydrogen) atoms. The van der Waals surface area contributed by atoms with Crippen LogP contribution in [-0.4, -0.2) is 10.2 Å². The highest BCUT2D eigenvalue weighted by atomic mass is 79.9. The van der Waals surface area contributed by atoms with E-state index in [9.17, 15) is 0 Å². The fourth-order valence-electron chi connectivity index (χ4n) is 2.68. The molecule has 3 rings (SSSR count). The van der Waals surface area contributed by atoms with Gasteiger partial charge in [0.1, 0.15) is 0 Å². The van der Waals surface area contributed by atoms with Gasteiger partial charge in [-0.3, -0.25) is 0 Å². The number of benzene rings is 1. The molecule has 0 unspecified atom stereocenters. The number of ether oxygens (including phenoxy) is 1. The van der Waals surface area contributed by atoms with Crippen molar-refractivity contribution in [3.05, 3.63) is 43.4 Å². The molecule has 1 fully saturated rings. The lowest BCUT2D eigenvalue weighted by molar-refractivity contribution is 0.453. The van der Waals surface area contributed by atoms with E-state index in [2.05, 4.69) is 26.1 Å². The van der Waals surface area contributed by atoms with Crippen LogP contribution < -0.4 is 4.74 Å². The summed E-state index contributed by atoms with van der Waals surface area (Å²) in [4.78, 5) is 0. The maximum atomic E-state index is 6.18. The van der Waals surface area contributed by atoms with Gasteiger partial charge in [0.2, 0.25) is 5.88 Å². The molecule has 0 N–H and O–H groups in total. The van der Waals surface area contributed by atoms with Crippen molar-refractivity contribution < 1.29 is 4.74 Å². The van der Waals surface area contributed by atoms with E-state index in [1.807, 2.05) is 6.07 Å². The van der Waals surface area contributed by atoms with Crippen LogP contribution in [0.4, 0.5) is 0 Å². The first kappa shape index (κ1) is 16.3. The molecule has 0 bridgehead atoms. The summed E-state index contributed by atoms with van der Waals surface area (Å²) in [7, 11) is 0. The number of hydrogen-bond acceptors (Lipinski definition) is 3. The highest BCUT2D eigenvalue weighted by Crippen LogP contribution is 2.41. The van der Waals surface area contributed by atoms with E-state index >= 15 is 0 Å². The molecule has 1 saturated carbocycles. The SMILES string of the molecule is Clc1cc(Br)cc(Cl)c1Oc1cc(C2CCCC2)c(Cl)nn1. The Morgan fingerprint density at radius 3 is 2.27 bits per heavy atom. The molecule has 0 amide bonds. The van der Waals surface area contributed by atoms with Gasteiger partial charge in [0.05, 0.1) is 10.0 Å². The average Bonchev–Trinajstić information content (AvgIpc) is 2.98. The van der Waals surface area contributed by atoms with Crippen LogP contribution in [0.15, 0.2) is 22.7 Å². The van der Waals surface area contributed by atoms with Crippen molar-refractivity contribution in [3.8, 4) is 11.6 Å². The highest BCUT2D eigenvalue weighted by Gasteiger charge is 2.22. The zero-order valence-corrected chi connectivity index (χ0v) is 15.3. The van der Waals surface area contributed by atoms with Gasteiger partial charge < -0.3 is 4.74 Å². The fraction of sp³-hybridized carbons (Fsp3) is 0.333. The summed E-state index contributed by atoms with van der Waals surface area (Å²) in [5.74, 6) is 1.12. The molecule has 0 spiro atoms. The van der Waals surface area contributed by atoms with E-state index < -0.39 is 0 Å². The van der Waals surface area contributed by atoms with Gasteiger partial charge in [0.25, 0.3) is 0 Å². The van der Waals surface area contributed by atoms with Gasteiger partial charge in [-0.05, 0) is 36.5 Å². The summed E-state index contributed by atoms with van der Waals surface area (Å²) < 4.78 is 6.51. The second-order valence-corrected chi connectivity index (χ2v) is 7.30. The third kappa shape index (κ3) is 3.51. The lowest BCUT2D eigenvalue weighted by atomic mass is 10.0. The zero-order chi connectivity index (χ0) is 15.7. The van der Waals surface area contributed by atoms with E-state index in [4.69, 9.17) is 39.5 Å². The number of hydrogen-bond donors (Lipinski definition) is 0. The Balaban J connectivity index is 1.91. The quantitative estimate of drug-likeness (QED) is 0.555. The third-order valence-corrected chi connectivity index (χ3v) is 5.03. The summed E-state index contributed by atoms with van der Waals surface area (Å²) in [6.07, 6.45) is 4.66. The number of rotatable bonds is 3. The van der Waals surface area contributed by atoms with Gasteiger partial charge >= 0.3 is 0 Å². The Hall–Kier alpha value is -0.550. The molecular formula is C15H12BrCl3N2O. The molecule has 1 aliphatic rings. The summed E-state index contributed by atoms with van der Waals surface area (Å²) in [6, 6.07) is 5.26. The monoisotopic (exact) mass is 420 g/mol. The molecule has 1 aromatic carbocycles. The smallest absolute Gasteiger partial charge is 0.239 e. The molecule has 0 radical (unpaired) electrons. The molecule has 116 valence electrons. The van der Waals surface area contributed by atoms with Crippen LogP contribution in [0, 0.1) is 0 Å². The Labute approximate surface area is 152 Å². The average molecular weight is 423 g/mol. The van der Waals surface area contributed by atoms with Gasteiger partial charge in [0, 0.05) is 10.5 Å². The van der Waals surface area contributed by atoms with Crippen molar-refractivity contribution in [2.75, 3.05) is 0 Å². The van der Waals surface area contributed by atoms with Crippen LogP contribution in [0.5, 0.6) is 11.6 Å². The number of nitrogens with zero attached hydrogens (tertiary/aromatic N) is 2. The lowest BCUT2D eigenvalue weighted by Gasteiger charge is -2.13. The van der Waals surface area contributed by atoms with E-state index in [0.29, 0.717) is 32.7 Å². The molecule has 0 atom stereocenters. The molecule has 1 aliphatic carbocycles. The van der Waals surface area contributed by atoms with Crippen LogP contribution in [0.2, 0.25) is 15.2 Å². The number of halogens is 4. The predicted molar refractivity (Wildman–Crippen MR) is 92.5 cm³/mol. The normalized spacial score (nSPS) is 15.3. The van der Waals surface area contributed by atoms with Gasteiger partial charge in [-0.2, -0.15) is 0 Å². The van der Waals surface area contributed by atoms with Crippen LogP contribution in [0.3, 0.4) is 0 Å². The molecule has 2 aromatic rings. The second-order valence-electron chi connectivity index (χ2n) is 5.21. The predicted octanol–water partition coefficient (Wildman–Crippen LogP) is 6.65. The maximum absolute atomic E-state index is 6.18. The van der Waals surface area contributed by atoms with E-state index in [0.717, 1.165) is 22.9 Å². The Morgan fingerprint density at radius 1 is 1.00 bits per heavy atom. The summed E-state index contributed by atoms with van der Waals surface area (Å²) in [5.41, 5.74) is 0.980. The Bertz CT molecular complexity index is 682. The first-order valence-corrected chi connectivity index (χ1v) is 8.83. The fourth-order valence-corrected chi connectivity index (χ4v) is 4.21. The minimum Gasteiger partial charge on any atom is -0.434 e. The van der Waals surface area contributed by atoms with Gasteiger partial charge in [-0.1, -0.05) is 63.6 Å². The van der Waals surface area contributed by atoms with Crippen LogP contribution >= 0.6 is 50.7 Å².